The predicted molar refractivity (Wildman–Crippen MR) is 69.5 cm³/mol. The average Bonchev–Trinajstić information content (AvgIpc) is 2.38. The summed E-state index contributed by atoms with van der Waals surface area (Å²) in [7, 11) is 0. The molecule has 1 aromatic carbocycles. The van der Waals surface area contributed by atoms with Crippen molar-refractivity contribution in [2.45, 2.75) is 19.3 Å². The average molecular weight is 268 g/mol. The Morgan fingerprint density at radius 1 is 1.32 bits per heavy atom. The number of nitrogens with one attached hydrogen (secondary N) is 1. The van der Waals surface area contributed by atoms with Gasteiger partial charge >= 0.3 is 5.97 Å². The molecule has 7 nitrogen and oxygen atoms in total. The van der Waals surface area contributed by atoms with Gasteiger partial charge in [0, 0.05) is 19.2 Å². The van der Waals surface area contributed by atoms with Crippen molar-refractivity contribution in [1.82, 2.24) is 0 Å². The quantitative estimate of drug-likeness (QED) is 0.377. The Morgan fingerprint density at radius 3 is 2.63 bits per heavy atom. The number of aromatic carboxylic acids is 1. The number of nitrogens with zero attached hydrogens (tertiary/aromatic N) is 1. The van der Waals surface area contributed by atoms with Crippen molar-refractivity contribution in [3.8, 4) is 0 Å². The minimum absolute atomic E-state index is 0.0315. The lowest BCUT2D eigenvalue weighted by Crippen LogP contribution is -2.10. The van der Waals surface area contributed by atoms with Crippen molar-refractivity contribution in [3.63, 3.8) is 0 Å². The Morgan fingerprint density at radius 2 is 2.05 bits per heavy atom. The van der Waals surface area contributed by atoms with E-state index in [-0.39, 0.29) is 23.5 Å². The summed E-state index contributed by atoms with van der Waals surface area (Å²) in [5.41, 5.74) is -0.331. The molecule has 0 fully saturated rings. The van der Waals surface area contributed by atoms with Gasteiger partial charge in [0.2, 0.25) is 0 Å². The van der Waals surface area contributed by atoms with Crippen LogP contribution in [-0.4, -0.2) is 34.3 Å². The van der Waals surface area contributed by atoms with Crippen LogP contribution in [0.3, 0.4) is 0 Å². The zero-order chi connectivity index (χ0) is 14.3. The van der Waals surface area contributed by atoms with E-state index in [4.69, 9.17) is 10.2 Å². The number of rotatable bonds is 8. The number of aliphatic hydroxyl groups excluding tert-OH is 1. The van der Waals surface area contributed by atoms with Gasteiger partial charge in [0.15, 0.2) is 0 Å². The van der Waals surface area contributed by atoms with Crippen molar-refractivity contribution < 1.29 is 19.9 Å². The van der Waals surface area contributed by atoms with Crippen LogP contribution < -0.4 is 5.32 Å². The number of para-hydroxylation sites is 1. The van der Waals surface area contributed by atoms with Crippen LogP contribution in [0.25, 0.3) is 0 Å². The topological polar surface area (TPSA) is 113 Å². The second kappa shape index (κ2) is 7.32. The van der Waals surface area contributed by atoms with Crippen molar-refractivity contribution in [2.75, 3.05) is 18.5 Å². The summed E-state index contributed by atoms with van der Waals surface area (Å²) in [5, 5.41) is 31.3. The fraction of sp³-hybridized carbons (Fsp3) is 0.417. The smallest absolute Gasteiger partial charge is 0.338 e. The van der Waals surface area contributed by atoms with Gasteiger partial charge in [-0.2, -0.15) is 0 Å². The molecule has 0 bridgehead atoms. The van der Waals surface area contributed by atoms with Gasteiger partial charge in [-0.25, -0.2) is 4.79 Å². The standard InChI is InChI=1S/C12H16N2O5/c15-8-3-1-2-7-13-11-9(12(16)17)5-4-6-10(11)14(18)19/h4-6,13,15H,1-3,7-8H2,(H,16,17). The van der Waals surface area contributed by atoms with E-state index in [1.165, 1.54) is 18.2 Å². The Kier molecular flexibility index (Phi) is 5.74. The lowest BCUT2D eigenvalue weighted by atomic mass is 10.1. The molecular weight excluding hydrogens is 252 g/mol. The lowest BCUT2D eigenvalue weighted by molar-refractivity contribution is -0.384. The number of benzene rings is 1. The van der Waals surface area contributed by atoms with Crippen LogP contribution in [0.1, 0.15) is 29.6 Å². The number of nitro groups is 1. The molecule has 7 heteroatoms. The number of unbranched alkanes of at least 4 members (excludes halogenated alkanes) is 2. The van der Waals surface area contributed by atoms with E-state index in [0.717, 1.165) is 6.42 Å². The van der Waals surface area contributed by atoms with Crippen LogP contribution in [0.4, 0.5) is 11.4 Å². The van der Waals surface area contributed by atoms with Gasteiger partial charge < -0.3 is 15.5 Å². The molecule has 0 radical (unpaired) electrons. The lowest BCUT2D eigenvalue weighted by Gasteiger charge is -2.09. The van der Waals surface area contributed by atoms with Gasteiger partial charge in [-0.05, 0) is 25.3 Å². The molecule has 0 aromatic heterocycles. The van der Waals surface area contributed by atoms with Crippen LogP contribution in [0.2, 0.25) is 0 Å². The highest BCUT2D eigenvalue weighted by atomic mass is 16.6. The third kappa shape index (κ3) is 4.22. The van der Waals surface area contributed by atoms with Crippen LogP contribution in [0, 0.1) is 10.1 Å². The molecule has 0 saturated carbocycles. The number of carbonyl (C=O) groups is 1. The highest BCUT2D eigenvalue weighted by molar-refractivity contribution is 5.96. The number of anilines is 1. The summed E-state index contributed by atoms with van der Waals surface area (Å²) in [6, 6.07) is 3.94. The predicted octanol–water partition coefficient (Wildman–Crippen LogP) is 1.87. The van der Waals surface area contributed by atoms with Gasteiger partial charge in [0.1, 0.15) is 5.69 Å². The maximum absolute atomic E-state index is 11.0. The van der Waals surface area contributed by atoms with E-state index in [0.29, 0.717) is 19.4 Å². The van der Waals surface area contributed by atoms with Crippen LogP contribution in [0.5, 0.6) is 0 Å². The normalized spacial score (nSPS) is 10.2. The van der Waals surface area contributed by atoms with Gasteiger partial charge in [-0.1, -0.05) is 6.07 Å². The number of hydrogen-bond acceptors (Lipinski definition) is 5. The summed E-state index contributed by atoms with van der Waals surface area (Å²) >= 11 is 0. The molecule has 1 aromatic rings. The van der Waals surface area contributed by atoms with E-state index in [2.05, 4.69) is 5.32 Å². The summed E-state index contributed by atoms with van der Waals surface area (Å²) in [5.74, 6) is -1.21. The van der Waals surface area contributed by atoms with Crippen molar-refractivity contribution in [1.29, 1.82) is 0 Å². The Hall–Kier alpha value is -2.15. The third-order valence-electron chi connectivity index (χ3n) is 2.61. The Labute approximate surface area is 110 Å². The molecule has 0 saturated heterocycles. The van der Waals surface area contributed by atoms with Gasteiger partial charge in [-0.15, -0.1) is 0 Å². The fourth-order valence-corrected chi connectivity index (χ4v) is 1.68. The summed E-state index contributed by atoms with van der Waals surface area (Å²) in [4.78, 5) is 21.3. The molecule has 0 spiro atoms. The summed E-state index contributed by atoms with van der Waals surface area (Å²) in [6.45, 7) is 0.525. The molecule has 104 valence electrons. The molecule has 0 aliphatic rings. The monoisotopic (exact) mass is 268 g/mol. The first-order chi connectivity index (χ1) is 9.07. The largest absolute Gasteiger partial charge is 0.478 e. The zero-order valence-corrected chi connectivity index (χ0v) is 10.3. The molecule has 0 atom stereocenters. The summed E-state index contributed by atoms with van der Waals surface area (Å²) < 4.78 is 0. The fourth-order valence-electron chi connectivity index (χ4n) is 1.68. The first-order valence-corrected chi connectivity index (χ1v) is 5.93. The maximum Gasteiger partial charge on any atom is 0.338 e. The van der Waals surface area contributed by atoms with Crippen LogP contribution in [-0.2, 0) is 0 Å². The minimum atomic E-state index is -1.21. The number of hydrogen-bond donors (Lipinski definition) is 3. The Bertz CT molecular complexity index is 429. The number of aliphatic hydroxyl groups is 1. The molecule has 0 amide bonds. The van der Waals surface area contributed by atoms with Crippen molar-refractivity contribution in [2.24, 2.45) is 0 Å². The van der Waals surface area contributed by atoms with E-state index in [1.807, 2.05) is 0 Å². The van der Waals surface area contributed by atoms with Gasteiger partial charge in [-0.3, -0.25) is 10.1 Å². The highest BCUT2D eigenvalue weighted by Crippen LogP contribution is 2.28. The SMILES string of the molecule is O=C(O)c1cccc([N+](=O)[O-])c1NCCCCCO. The van der Waals surface area contributed by atoms with Crippen LogP contribution in [0.15, 0.2) is 18.2 Å². The molecular formula is C12H16N2O5. The molecule has 0 heterocycles. The van der Waals surface area contributed by atoms with Gasteiger partial charge in [0.05, 0.1) is 10.5 Å². The second-order valence-electron chi connectivity index (χ2n) is 3.97. The first-order valence-electron chi connectivity index (χ1n) is 5.93. The number of carboxylic acids is 1. The second-order valence-corrected chi connectivity index (χ2v) is 3.97. The van der Waals surface area contributed by atoms with E-state index in [1.54, 1.807) is 0 Å². The van der Waals surface area contributed by atoms with Crippen LogP contribution >= 0.6 is 0 Å². The molecule has 19 heavy (non-hydrogen) atoms. The zero-order valence-electron chi connectivity index (χ0n) is 10.3. The molecule has 0 unspecified atom stereocenters. The number of nitro benzene ring substituents is 1. The summed E-state index contributed by atoms with van der Waals surface area (Å²) in [6.07, 6.45) is 2.13. The molecule has 1 rings (SSSR count). The first kappa shape index (κ1) is 14.9. The third-order valence-corrected chi connectivity index (χ3v) is 2.61. The van der Waals surface area contributed by atoms with E-state index in [9.17, 15) is 14.9 Å². The van der Waals surface area contributed by atoms with Crippen molar-refractivity contribution >= 4 is 17.3 Å². The Balaban J connectivity index is 2.83. The molecule has 0 aliphatic carbocycles. The molecule has 0 aliphatic heterocycles. The van der Waals surface area contributed by atoms with Gasteiger partial charge in [0.25, 0.3) is 5.69 Å². The minimum Gasteiger partial charge on any atom is -0.478 e. The van der Waals surface area contributed by atoms with Crippen molar-refractivity contribution in [3.05, 3.63) is 33.9 Å². The van der Waals surface area contributed by atoms with E-state index < -0.39 is 10.9 Å². The van der Waals surface area contributed by atoms with E-state index >= 15 is 0 Å². The maximum atomic E-state index is 11.0. The molecule has 3 N–H and O–H groups in total. The number of carboxylic acid groups (broad SMARTS) is 1. The highest BCUT2D eigenvalue weighted by Gasteiger charge is 2.20.